The molecule has 1 aromatic heterocycles. The van der Waals surface area contributed by atoms with Crippen molar-refractivity contribution in [1.29, 1.82) is 0 Å². The molecule has 0 saturated carbocycles. The molecule has 21 heavy (non-hydrogen) atoms. The van der Waals surface area contributed by atoms with E-state index < -0.39 is 0 Å². The van der Waals surface area contributed by atoms with E-state index in [2.05, 4.69) is 33.3 Å². The molecule has 0 spiro atoms. The zero-order chi connectivity index (χ0) is 15.4. The SMILES string of the molecule is CCc1nn(C)c(CC(CNC)c2ccccc2F)c1Br. The van der Waals surface area contributed by atoms with Crippen molar-refractivity contribution in [3.63, 3.8) is 0 Å². The summed E-state index contributed by atoms with van der Waals surface area (Å²) in [5.41, 5.74) is 2.90. The van der Waals surface area contributed by atoms with Gasteiger partial charge in [-0.2, -0.15) is 5.10 Å². The van der Waals surface area contributed by atoms with Crippen molar-refractivity contribution in [2.24, 2.45) is 7.05 Å². The lowest BCUT2D eigenvalue weighted by Crippen LogP contribution is -2.21. The number of aromatic nitrogens is 2. The Morgan fingerprint density at radius 2 is 2.10 bits per heavy atom. The second-order valence-electron chi connectivity index (χ2n) is 5.16. The standard InChI is InChI=1S/C16H21BrFN3/c1-4-14-16(17)15(21(3)20-14)9-11(10-19-2)12-7-5-6-8-13(12)18/h5-8,11,19H,4,9-10H2,1-3H3. The van der Waals surface area contributed by atoms with Gasteiger partial charge in [-0.15, -0.1) is 0 Å². The molecule has 0 amide bonds. The van der Waals surface area contributed by atoms with Gasteiger partial charge in [0.05, 0.1) is 15.9 Å². The first-order valence-electron chi connectivity index (χ1n) is 7.17. The van der Waals surface area contributed by atoms with Crippen LogP contribution in [0.25, 0.3) is 0 Å². The van der Waals surface area contributed by atoms with E-state index in [4.69, 9.17) is 0 Å². The maximum atomic E-state index is 14.1. The van der Waals surface area contributed by atoms with E-state index in [0.717, 1.165) is 40.8 Å². The first-order valence-corrected chi connectivity index (χ1v) is 7.97. The topological polar surface area (TPSA) is 29.9 Å². The smallest absolute Gasteiger partial charge is 0.126 e. The van der Waals surface area contributed by atoms with Crippen molar-refractivity contribution >= 4 is 15.9 Å². The Hall–Kier alpha value is -1.20. The minimum atomic E-state index is -0.147. The van der Waals surface area contributed by atoms with E-state index in [1.165, 1.54) is 6.07 Å². The highest BCUT2D eigenvalue weighted by Crippen LogP contribution is 2.28. The molecular weight excluding hydrogens is 333 g/mol. The number of benzene rings is 1. The van der Waals surface area contributed by atoms with E-state index in [1.807, 2.05) is 30.9 Å². The number of halogens is 2. The Kier molecular flexibility index (Phi) is 5.53. The predicted octanol–water partition coefficient (Wildman–Crippen LogP) is 3.43. The summed E-state index contributed by atoms with van der Waals surface area (Å²) in [4.78, 5) is 0. The van der Waals surface area contributed by atoms with Crippen LogP contribution in [0.1, 0.15) is 29.8 Å². The summed E-state index contributed by atoms with van der Waals surface area (Å²) >= 11 is 3.64. The molecule has 2 aromatic rings. The first kappa shape index (κ1) is 16.2. The number of hydrogen-bond donors (Lipinski definition) is 1. The number of rotatable bonds is 6. The van der Waals surface area contributed by atoms with Crippen LogP contribution in [0.5, 0.6) is 0 Å². The minimum Gasteiger partial charge on any atom is -0.319 e. The summed E-state index contributed by atoms with van der Waals surface area (Å²) in [6.45, 7) is 2.80. The zero-order valence-electron chi connectivity index (χ0n) is 12.7. The van der Waals surface area contributed by atoms with Crippen LogP contribution in [0, 0.1) is 5.82 Å². The molecule has 1 heterocycles. The van der Waals surface area contributed by atoms with Gasteiger partial charge in [0.2, 0.25) is 0 Å². The Labute approximate surface area is 133 Å². The van der Waals surface area contributed by atoms with Crippen LogP contribution in [-0.4, -0.2) is 23.4 Å². The Morgan fingerprint density at radius 3 is 2.67 bits per heavy atom. The van der Waals surface area contributed by atoms with Crippen LogP contribution in [-0.2, 0) is 19.9 Å². The van der Waals surface area contributed by atoms with Crippen LogP contribution in [0.15, 0.2) is 28.7 Å². The number of nitrogens with zero attached hydrogens (tertiary/aromatic N) is 2. The van der Waals surface area contributed by atoms with Gasteiger partial charge >= 0.3 is 0 Å². The van der Waals surface area contributed by atoms with Crippen LogP contribution in [0.3, 0.4) is 0 Å². The molecule has 0 fully saturated rings. The maximum Gasteiger partial charge on any atom is 0.126 e. The van der Waals surface area contributed by atoms with Gasteiger partial charge in [0.25, 0.3) is 0 Å². The molecule has 114 valence electrons. The largest absolute Gasteiger partial charge is 0.319 e. The van der Waals surface area contributed by atoms with Gasteiger partial charge in [0.15, 0.2) is 0 Å². The molecule has 2 rings (SSSR count). The third-order valence-corrected chi connectivity index (χ3v) is 4.65. The van der Waals surface area contributed by atoms with Crippen molar-refractivity contribution in [2.75, 3.05) is 13.6 Å². The molecule has 0 radical (unpaired) electrons. The monoisotopic (exact) mass is 353 g/mol. The van der Waals surface area contributed by atoms with Crippen molar-refractivity contribution in [3.05, 3.63) is 51.5 Å². The normalized spacial score (nSPS) is 12.6. The highest BCUT2D eigenvalue weighted by molar-refractivity contribution is 9.10. The molecule has 0 aliphatic carbocycles. The van der Waals surface area contributed by atoms with Gasteiger partial charge in [-0.05, 0) is 47.4 Å². The zero-order valence-corrected chi connectivity index (χ0v) is 14.2. The summed E-state index contributed by atoms with van der Waals surface area (Å²) in [7, 11) is 3.83. The molecule has 1 aromatic carbocycles. The highest BCUT2D eigenvalue weighted by atomic mass is 79.9. The summed E-state index contributed by atoms with van der Waals surface area (Å²) in [6, 6.07) is 7.00. The van der Waals surface area contributed by atoms with Gasteiger partial charge < -0.3 is 5.32 Å². The number of aryl methyl sites for hydroxylation is 2. The number of hydrogen-bond acceptors (Lipinski definition) is 2. The summed E-state index contributed by atoms with van der Waals surface area (Å²) < 4.78 is 17.0. The molecule has 0 saturated heterocycles. The van der Waals surface area contributed by atoms with Crippen LogP contribution in [0.4, 0.5) is 4.39 Å². The number of nitrogens with one attached hydrogen (secondary N) is 1. The fourth-order valence-electron chi connectivity index (χ4n) is 2.62. The van der Waals surface area contributed by atoms with Crippen molar-refractivity contribution in [1.82, 2.24) is 15.1 Å². The molecule has 0 aliphatic heterocycles. The molecule has 1 atom stereocenters. The van der Waals surface area contributed by atoms with Gasteiger partial charge in [-0.3, -0.25) is 4.68 Å². The van der Waals surface area contributed by atoms with E-state index in [0.29, 0.717) is 0 Å². The second kappa shape index (κ2) is 7.18. The van der Waals surface area contributed by atoms with Gasteiger partial charge in [-0.1, -0.05) is 25.1 Å². The molecule has 0 bridgehead atoms. The Balaban J connectivity index is 2.33. The van der Waals surface area contributed by atoms with Crippen molar-refractivity contribution in [2.45, 2.75) is 25.7 Å². The van der Waals surface area contributed by atoms with Crippen molar-refractivity contribution < 1.29 is 4.39 Å². The molecule has 3 nitrogen and oxygen atoms in total. The maximum absolute atomic E-state index is 14.1. The van der Waals surface area contributed by atoms with Crippen LogP contribution in [0.2, 0.25) is 0 Å². The molecule has 5 heteroatoms. The lowest BCUT2D eigenvalue weighted by molar-refractivity contribution is 0.542. The fourth-order valence-corrected chi connectivity index (χ4v) is 3.40. The Bertz CT molecular complexity index is 610. The lowest BCUT2D eigenvalue weighted by atomic mass is 9.93. The van der Waals surface area contributed by atoms with Crippen molar-refractivity contribution in [3.8, 4) is 0 Å². The molecule has 1 N–H and O–H groups in total. The third kappa shape index (κ3) is 3.52. The van der Waals surface area contributed by atoms with Crippen LogP contribution >= 0.6 is 15.9 Å². The third-order valence-electron chi connectivity index (χ3n) is 3.74. The van der Waals surface area contributed by atoms with Crippen LogP contribution < -0.4 is 5.32 Å². The molecule has 0 aliphatic rings. The second-order valence-corrected chi connectivity index (χ2v) is 5.96. The summed E-state index contributed by atoms with van der Waals surface area (Å²) in [6.07, 6.45) is 1.62. The Morgan fingerprint density at radius 1 is 1.38 bits per heavy atom. The van der Waals surface area contributed by atoms with Gasteiger partial charge in [0, 0.05) is 19.5 Å². The predicted molar refractivity (Wildman–Crippen MR) is 87.1 cm³/mol. The quantitative estimate of drug-likeness (QED) is 0.861. The minimum absolute atomic E-state index is 0.0765. The molecule has 1 unspecified atom stereocenters. The average Bonchev–Trinajstić information content (AvgIpc) is 2.74. The fraction of sp³-hybridized carbons (Fsp3) is 0.438. The first-order chi connectivity index (χ1) is 10.1. The average molecular weight is 354 g/mol. The van der Waals surface area contributed by atoms with E-state index in [9.17, 15) is 4.39 Å². The van der Waals surface area contributed by atoms with E-state index in [-0.39, 0.29) is 11.7 Å². The summed E-state index contributed by atoms with van der Waals surface area (Å²) in [5.74, 6) is -0.0700. The number of likely N-dealkylation sites (N-methyl/N-ethyl adjacent to an activating group) is 1. The van der Waals surface area contributed by atoms with Gasteiger partial charge in [0.1, 0.15) is 5.82 Å². The van der Waals surface area contributed by atoms with E-state index >= 15 is 0 Å². The summed E-state index contributed by atoms with van der Waals surface area (Å²) in [5, 5.41) is 7.68. The van der Waals surface area contributed by atoms with E-state index in [1.54, 1.807) is 6.07 Å². The van der Waals surface area contributed by atoms with Gasteiger partial charge in [-0.25, -0.2) is 4.39 Å². The lowest BCUT2D eigenvalue weighted by Gasteiger charge is -2.18. The highest BCUT2D eigenvalue weighted by Gasteiger charge is 2.20. The molecular formula is C16H21BrFN3.